The summed E-state index contributed by atoms with van der Waals surface area (Å²) in [6.45, 7) is 12.9. The molecule has 3 aliphatic rings. The molecule has 5 heterocycles. The molecule has 13 heteroatoms. The van der Waals surface area contributed by atoms with Gasteiger partial charge in [0.05, 0.1) is 19.1 Å². The van der Waals surface area contributed by atoms with Crippen molar-refractivity contribution in [3.63, 3.8) is 0 Å². The molecule has 0 radical (unpaired) electrons. The summed E-state index contributed by atoms with van der Waals surface area (Å²) >= 11 is 0. The van der Waals surface area contributed by atoms with Crippen LogP contribution in [0.1, 0.15) is 90.0 Å². The summed E-state index contributed by atoms with van der Waals surface area (Å²) in [5, 5.41) is 22.9. The van der Waals surface area contributed by atoms with Crippen LogP contribution in [-0.2, 0) is 17.8 Å². The van der Waals surface area contributed by atoms with Crippen molar-refractivity contribution in [2.45, 2.75) is 103 Å². The third-order valence-electron chi connectivity index (χ3n) is 8.61. The van der Waals surface area contributed by atoms with E-state index in [2.05, 4.69) is 41.0 Å². The van der Waals surface area contributed by atoms with E-state index in [0.717, 1.165) is 119 Å². The molecule has 0 bridgehead atoms. The summed E-state index contributed by atoms with van der Waals surface area (Å²) in [4.78, 5) is 16.8. The molecule has 0 amide bonds. The van der Waals surface area contributed by atoms with Crippen LogP contribution in [0, 0.1) is 0 Å². The second-order valence-electron chi connectivity index (χ2n) is 11.8. The lowest BCUT2D eigenvalue weighted by atomic mass is 9.95. The van der Waals surface area contributed by atoms with Crippen LogP contribution in [0.4, 0.5) is 11.8 Å². The Kier molecular flexibility index (Phi) is 13.0. The van der Waals surface area contributed by atoms with Gasteiger partial charge in [-0.1, -0.05) is 38.3 Å². The zero-order valence-corrected chi connectivity index (χ0v) is 26.9. The first kappa shape index (κ1) is 32.5. The highest BCUT2D eigenvalue weighted by atomic mass is 16.5. The molecule has 1 unspecified atom stereocenters. The first-order valence-corrected chi connectivity index (χ1v) is 17.2. The van der Waals surface area contributed by atoms with Crippen LogP contribution >= 0.6 is 0 Å². The number of nitrogens with zero attached hydrogens (tertiary/aromatic N) is 8. The molecule has 2 saturated heterocycles. The maximum atomic E-state index is 6.07. The van der Waals surface area contributed by atoms with Gasteiger partial charge in [-0.25, -0.2) is 4.98 Å². The molecule has 0 spiro atoms. The molecule has 13 nitrogen and oxygen atoms in total. The Bertz CT molecular complexity index is 1230. The molecule has 1 atom stereocenters. The van der Waals surface area contributed by atoms with E-state index in [1.54, 1.807) is 0 Å². The second-order valence-corrected chi connectivity index (χ2v) is 11.8. The van der Waals surface area contributed by atoms with Crippen molar-refractivity contribution in [2.24, 2.45) is 0 Å². The average molecular weight is 611 g/mol. The van der Waals surface area contributed by atoms with Gasteiger partial charge in [-0.3, -0.25) is 9.25 Å². The highest BCUT2D eigenvalue weighted by molar-refractivity contribution is 5.84. The number of fused-ring (bicyclic) bond motifs is 1. The van der Waals surface area contributed by atoms with Crippen molar-refractivity contribution >= 4 is 22.9 Å². The third kappa shape index (κ3) is 9.09. The summed E-state index contributed by atoms with van der Waals surface area (Å²) in [6.07, 6.45) is 16.1. The smallest absolute Gasteiger partial charge is 0.229 e. The number of anilines is 2. The van der Waals surface area contributed by atoms with Crippen LogP contribution in [0.25, 0.3) is 11.2 Å². The van der Waals surface area contributed by atoms with Crippen molar-refractivity contribution in [1.82, 2.24) is 50.5 Å². The second kappa shape index (κ2) is 17.6. The maximum Gasteiger partial charge on any atom is 0.229 e. The van der Waals surface area contributed by atoms with Crippen molar-refractivity contribution in [3.8, 4) is 0 Å². The lowest BCUT2D eigenvalue weighted by molar-refractivity contribution is -0.0298. The van der Waals surface area contributed by atoms with Gasteiger partial charge >= 0.3 is 0 Å². The number of hydrogen-bond donors (Lipinski definition) is 4. The predicted molar refractivity (Wildman–Crippen MR) is 175 cm³/mol. The number of imidazole rings is 1. The average Bonchev–Trinajstić information content (AvgIpc) is 3.74. The molecular formula is C31H54N12O. The number of nitrogens with one attached hydrogen (secondary N) is 4. The first-order chi connectivity index (χ1) is 21.8. The normalized spacial score (nSPS) is 19.6. The van der Waals surface area contributed by atoms with Gasteiger partial charge in [0.2, 0.25) is 5.95 Å². The summed E-state index contributed by atoms with van der Waals surface area (Å²) in [7, 11) is 0. The van der Waals surface area contributed by atoms with E-state index < -0.39 is 0 Å². The van der Waals surface area contributed by atoms with Gasteiger partial charge in [-0.05, 0) is 64.6 Å². The topological polar surface area (TPSA) is 135 Å². The lowest BCUT2D eigenvalue weighted by Gasteiger charge is -2.28. The molecule has 6 rings (SSSR count). The molecule has 1 aliphatic carbocycles. The van der Waals surface area contributed by atoms with Crippen LogP contribution in [0.3, 0.4) is 0 Å². The van der Waals surface area contributed by atoms with E-state index in [-0.39, 0.29) is 6.23 Å². The fraction of sp³-hybridized carbons (Fsp3) is 0.774. The van der Waals surface area contributed by atoms with E-state index in [1.165, 1.54) is 38.5 Å². The van der Waals surface area contributed by atoms with Gasteiger partial charge < -0.3 is 30.9 Å². The van der Waals surface area contributed by atoms with Gasteiger partial charge in [-0.2, -0.15) is 9.97 Å². The number of aromatic nitrogens is 7. The van der Waals surface area contributed by atoms with Crippen molar-refractivity contribution in [2.75, 3.05) is 62.6 Å². The van der Waals surface area contributed by atoms with Crippen LogP contribution < -0.4 is 26.2 Å². The predicted octanol–water partition coefficient (Wildman–Crippen LogP) is 3.46. The van der Waals surface area contributed by atoms with Crippen LogP contribution in [-0.4, -0.2) is 93.0 Å². The lowest BCUT2D eigenvalue weighted by Crippen LogP contribution is -2.44. The van der Waals surface area contributed by atoms with Crippen LogP contribution in [0.2, 0.25) is 0 Å². The molecular weight excluding hydrogens is 556 g/mol. The molecule has 44 heavy (non-hydrogen) atoms. The number of piperazine rings is 1. The summed E-state index contributed by atoms with van der Waals surface area (Å²) < 4.78 is 10.1. The molecule has 0 aromatic carbocycles. The van der Waals surface area contributed by atoms with E-state index in [0.29, 0.717) is 6.54 Å². The minimum Gasteiger partial charge on any atom is -0.362 e. The van der Waals surface area contributed by atoms with Gasteiger partial charge in [0.15, 0.2) is 17.0 Å². The number of ether oxygens (including phenoxy) is 1. The van der Waals surface area contributed by atoms with Gasteiger partial charge in [0.1, 0.15) is 11.9 Å². The molecule has 3 fully saturated rings. The highest BCUT2D eigenvalue weighted by Gasteiger charge is 2.23. The molecule has 4 N–H and O–H groups in total. The van der Waals surface area contributed by atoms with E-state index in [1.807, 2.05) is 31.1 Å². The Labute approximate surface area is 262 Å². The van der Waals surface area contributed by atoms with Crippen LogP contribution in [0.15, 0.2) is 12.5 Å². The quantitative estimate of drug-likeness (QED) is 0.200. The molecule has 3 aromatic rings. The number of rotatable bonds is 14. The minimum atomic E-state index is -0.0324. The highest BCUT2D eigenvalue weighted by Crippen LogP contribution is 2.29. The maximum absolute atomic E-state index is 6.07. The molecule has 2 aliphatic heterocycles. The Balaban J connectivity index is 0.00000188. The number of aryl methyl sites for hydroxylation is 1. The molecule has 1 saturated carbocycles. The van der Waals surface area contributed by atoms with E-state index in [4.69, 9.17) is 19.7 Å². The first-order valence-electron chi connectivity index (χ1n) is 17.2. The van der Waals surface area contributed by atoms with Crippen LogP contribution in [0.5, 0.6) is 0 Å². The van der Waals surface area contributed by atoms with Crippen molar-refractivity contribution < 1.29 is 4.74 Å². The Morgan fingerprint density at radius 3 is 2.59 bits per heavy atom. The summed E-state index contributed by atoms with van der Waals surface area (Å²) in [5.74, 6) is 1.45. The molecule has 3 aromatic heterocycles. The summed E-state index contributed by atoms with van der Waals surface area (Å²) in [5.41, 5.74) is 2.45. The van der Waals surface area contributed by atoms with Gasteiger partial charge in [0.25, 0.3) is 0 Å². The zero-order chi connectivity index (χ0) is 30.4. The fourth-order valence-electron chi connectivity index (χ4n) is 6.21. The Hall–Kier alpha value is -2.87. The van der Waals surface area contributed by atoms with Crippen molar-refractivity contribution in [3.05, 3.63) is 18.2 Å². The standard InChI is InChI=1S/C29H48N12O.C2H6/c1-2-8-23(9-3-1)32-13-6-11-30-12-7-16-40-21-24(37-38-40)20-33-27-26-28(36-29(35-27)39-17-14-31-15-18-39)41(22-34-26)25-10-4-5-19-42-25;1-2/h21-23,25,30-32H,1-20H2,(H,33,35,36);1-2H3. The van der Waals surface area contributed by atoms with Gasteiger partial charge in [0, 0.05) is 45.4 Å². The molecule has 244 valence electrons. The number of hydrogen-bond acceptors (Lipinski definition) is 11. The monoisotopic (exact) mass is 610 g/mol. The Morgan fingerprint density at radius 2 is 1.77 bits per heavy atom. The fourth-order valence-corrected chi connectivity index (χ4v) is 6.21. The minimum absolute atomic E-state index is 0.0324. The SMILES string of the molecule is CC.c1c(CNc2nc(N3CCNCC3)nc3c2ncn3C2CCCCO2)nnn1CCCNCCCNC1CCCCC1. The summed E-state index contributed by atoms with van der Waals surface area (Å²) in [6, 6.07) is 0.748. The van der Waals surface area contributed by atoms with Gasteiger partial charge in [-0.15, -0.1) is 5.10 Å². The van der Waals surface area contributed by atoms with E-state index in [9.17, 15) is 0 Å². The largest absolute Gasteiger partial charge is 0.362 e. The van der Waals surface area contributed by atoms with E-state index >= 15 is 0 Å². The third-order valence-corrected chi connectivity index (χ3v) is 8.61. The zero-order valence-electron chi connectivity index (χ0n) is 26.9. The van der Waals surface area contributed by atoms with Crippen molar-refractivity contribution in [1.29, 1.82) is 0 Å². The Morgan fingerprint density at radius 1 is 0.955 bits per heavy atom.